The third-order valence-electron chi connectivity index (χ3n) is 4.75. The van der Waals surface area contributed by atoms with Crippen LogP contribution >= 0.6 is 0 Å². The topological polar surface area (TPSA) is 78.4 Å². The summed E-state index contributed by atoms with van der Waals surface area (Å²) in [5, 5.41) is 8.32. The Hall–Kier alpha value is -3.29. The van der Waals surface area contributed by atoms with Gasteiger partial charge in [-0.25, -0.2) is 0 Å². The van der Waals surface area contributed by atoms with E-state index in [1.165, 1.54) is 0 Å². The lowest BCUT2D eigenvalue weighted by Crippen LogP contribution is -2.49. The SMILES string of the molecule is CN(C)c1cnnc(N2CCN(C(=O)c3ccc4nccnc4c3)CC2)c1. The summed E-state index contributed by atoms with van der Waals surface area (Å²) in [6.07, 6.45) is 5.03. The molecular weight excluding hydrogens is 342 g/mol. The average Bonchev–Trinajstić information content (AvgIpc) is 2.73. The van der Waals surface area contributed by atoms with Gasteiger partial charge >= 0.3 is 0 Å². The van der Waals surface area contributed by atoms with Crippen molar-refractivity contribution in [3.63, 3.8) is 0 Å². The van der Waals surface area contributed by atoms with E-state index >= 15 is 0 Å². The minimum absolute atomic E-state index is 0.0235. The predicted octanol–water partition coefficient (Wildman–Crippen LogP) is 1.45. The highest BCUT2D eigenvalue weighted by Crippen LogP contribution is 2.20. The number of carbonyl (C=O) groups is 1. The molecule has 3 heterocycles. The Labute approximate surface area is 157 Å². The fraction of sp³-hybridized carbons (Fsp3) is 0.316. The monoisotopic (exact) mass is 363 g/mol. The summed E-state index contributed by atoms with van der Waals surface area (Å²) in [4.78, 5) is 27.4. The molecule has 1 aliphatic heterocycles. The van der Waals surface area contributed by atoms with Gasteiger partial charge < -0.3 is 14.7 Å². The second kappa shape index (κ2) is 7.14. The Morgan fingerprint density at radius 3 is 2.48 bits per heavy atom. The third-order valence-corrected chi connectivity index (χ3v) is 4.75. The molecule has 4 rings (SSSR count). The van der Waals surface area contributed by atoms with E-state index in [4.69, 9.17) is 0 Å². The van der Waals surface area contributed by atoms with Crippen LogP contribution in [0.4, 0.5) is 11.5 Å². The van der Waals surface area contributed by atoms with E-state index in [0.29, 0.717) is 18.7 Å². The maximum Gasteiger partial charge on any atom is 0.254 e. The van der Waals surface area contributed by atoms with Gasteiger partial charge in [0.15, 0.2) is 5.82 Å². The number of amides is 1. The van der Waals surface area contributed by atoms with Crippen molar-refractivity contribution in [2.24, 2.45) is 0 Å². The minimum atomic E-state index is 0.0235. The first-order valence-corrected chi connectivity index (χ1v) is 8.87. The molecule has 0 saturated carbocycles. The number of nitrogens with zero attached hydrogens (tertiary/aromatic N) is 7. The number of anilines is 2. The molecule has 27 heavy (non-hydrogen) atoms. The van der Waals surface area contributed by atoms with Crippen molar-refractivity contribution in [1.29, 1.82) is 0 Å². The summed E-state index contributed by atoms with van der Waals surface area (Å²) in [7, 11) is 3.96. The van der Waals surface area contributed by atoms with E-state index in [2.05, 4.69) is 25.1 Å². The number of aromatic nitrogens is 4. The molecule has 0 radical (unpaired) electrons. The molecular formula is C19H21N7O. The highest BCUT2D eigenvalue weighted by molar-refractivity contribution is 5.97. The highest BCUT2D eigenvalue weighted by atomic mass is 16.2. The van der Waals surface area contributed by atoms with E-state index in [1.54, 1.807) is 18.6 Å². The van der Waals surface area contributed by atoms with Crippen molar-refractivity contribution in [3.8, 4) is 0 Å². The lowest BCUT2D eigenvalue weighted by atomic mass is 10.1. The molecule has 0 aliphatic carbocycles. The number of benzene rings is 1. The van der Waals surface area contributed by atoms with Gasteiger partial charge in [0.25, 0.3) is 5.91 Å². The fourth-order valence-electron chi connectivity index (χ4n) is 3.16. The molecule has 0 atom stereocenters. The third kappa shape index (κ3) is 3.51. The maximum absolute atomic E-state index is 12.9. The number of rotatable bonds is 3. The van der Waals surface area contributed by atoms with E-state index in [0.717, 1.165) is 35.6 Å². The Bertz CT molecular complexity index is 967. The van der Waals surface area contributed by atoms with Gasteiger partial charge in [0.05, 0.1) is 22.9 Å². The quantitative estimate of drug-likeness (QED) is 0.697. The van der Waals surface area contributed by atoms with Gasteiger partial charge in [0.2, 0.25) is 0 Å². The Morgan fingerprint density at radius 1 is 1.00 bits per heavy atom. The van der Waals surface area contributed by atoms with Crippen LogP contribution < -0.4 is 9.80 Å². The largest absolute Gasteiger partial charge is 0.376 e. The van der Waals surface area contributed by atoms with Crippen LogP contribution in [0.25, 0.3) is 11.0 Å². The van der Waals surface area contributed by atoms with Crippen molar-refractivity contribution in [3.05, 3.63) is 48.4 Å². The Morgan fingerprint density at radius 2 is 1.74 bits per heavy atom. The summed E-state index contributed by atoms with van der Waals surface area (Å²) in [6.45, 7) is 2.74. The molecule has 0 unspecified atom stereocenters. The summed E-state index contributed by atoms with van der Waals surface area (Å²) in [5.41, 5.74) is 3.18. The molecule has 8 heteroatoms. The van der Waals surface area contributed by atoms with E-state index in [-0.39, 0.29) is 5.91 Å². The summed E-state index contributed by atoms with van der Waals surface area (Å²) >= 11 is 0. The first-order chi connectivity index (χ1) is 13.1. The zero-order valence-electron chi connectivity index (χ0n) is 15.4. The van der Waals surface area contributed by atoms with Gasteiger partial charge in [-0.3, -0.25) is 14.8 Å². The van der Waals surface area contributed by atoms with Crippen LogP contribution in [0.2, 0.25) is 0 Å². The summed E-state index contributed by atoms with van der Waals surface area (Å²) < 4.78 is 0. The number of fused-ring (bicyclic) bond motifs is 1. The smallest absolute Gasteiger partial charge is 0.254 e. The van der Waals surface area contributed by atoms with E-state index < -0.39 is 0 Å². The molecule has 1 fully saturated rings. The minimum Gasteiger partial charge on any atom is -0.376 e. The number of carbonyl (C=O) groups excluding carboxylic acids is 1. The van der Waals surface area contributed by atoms with Crippen LogP contribution in [0.5, 0.6) is 0 Å². The number of piperazine rings is 1. The maximum atomic E-state index is 12.9. The molecule has 1 aromatic carbocycles. The van der Waals surface area contributed by atoms with E-state index in [1.807, 2.05) is 48.2 Å². The molecule has 0 spiro atoms. The number of hydrogen-bond acceptors (Lipinski definition) is 7. The lowest BCUT2D eigenvalue weighted by molar-refractivity contribution is 0.0746. The van der Waals surface area contributed by atoms with Crippen LogP contribution in [-0.2, 0) is 0 Å². The van der Waals surface area contributed by atoms with Crippen LogP contribution in [-0.4, -0.2) is 71.2 Å². The van der Waals surface area contributed by atoms with Gasteiger partial charge in [0.1, 0.15) is 0 Å². The van der Waals surface area contributed by atoms with Gasteiger partial charge in [-0.05, 0) is 18.2 Å². The zero-order chi connectivity index (χ0) is 18.8. The van der Waals surface area contributed by atoms with Crippen molar-refractivity contribution in [1.82, 2.24) is 25.1 Å². The Kier molecular flexibility index (Phi) is 4.53. The van der Waals surface area contributed by atoms with Gasteiger partial charge in [-0.1, -0.05) is 0 Å². The van der Waals surface area contributed by atoms with Crippen molar-refractivity contribution in [2.75, 3.05) is 50.1 Å². The second-order valence-electron chi connectivity index (χ2n) is 6.71. The normalized spacial score (nSPS) is 14.4. The predicted molar refractivity (Wildman–Crippen MR) is 104 cm³/mol. The highest BCUT2D eigenvalue weighted by Gasteiger charge is 2.23. The van der Waals surface area contributed by atoms with Crippen LogP contribution in [0.1, 0.15) is 10.4 Å². The van der Waals surface area contributed by atoms with Crippen molar-refractivity contribution in [2.45, 2.75) is 0 Å². The summed E-state index contributed by atoms with van der Waals surface area (Å²) in [6, 6.07) is 7.49. The van der Waals surface area contributed by atoms with Gasteiger partial charge in [0, 0.05) is 64.3 Å². The molecule has 0 bridgehead atoms. The van der Waals surface area contributed by atoms with Crippen molar-refractivity contribution >= 4 is 28.4 Å². The molecule has 138 valence electrons. The van der Waals surface area contributed by atoms with Crippen LogP contribution in [0.15, 0.2) is 42.9 Å². The summed E-state index contributed by atoms with van der Waals surface area (Å²) in [5.74, 6) is 0.865. The molecule has 1 amide bonds. The first-order valence-electron chi connectivity index (χ1n) is 8.87. The molecule has 0 N–H and O–H groups in total. The second-order valence-corrected chi connectivity index (χ2v) is 6.71. The zero-order valence-corrected chi connectivity index (χ0v) is 15.4. The van der Waals surface area contributed by atoms with E-state index in [9.17, 15) is 4.79 Å². The van der Waals surface area contributed by atoms with Crippen LogP contribution in [0, 0.1) is 0 Å². The molecule has 2 aromatic heterocycles. The molecule has 3 aromatic rings. The molecule has 1 aliphatic rings. The van der Waals surface area contributed by atoms with Crippen LogP contribution in [0.3, 0.4) is 0 Å². The lowest BCUT2D eigenvalue weighted by Gasteiger charge is -2.35. The molecule has 8 nitrogen and oxygen atoms in total. The fourth-order valence-corrected chi connectivity index (χ4v) is 3.16. The standard InChI is InChI=1S/C19H21N7O/c1-24(2)15-12-18(23-22-13-15)25-7-9-26(10-8-25)19(27)14-3-4-16-17(11-14)21-6-5-20-16/h3-6,11-13H,7-10H2,1-2H3. The van der Waals surface area contributed by atoms with Gasteiger partial charge in [-0.2, -0.15) is 5.10 Å². The molecule has 1 saturated heterocycles. The van der Waals surface area contributed by atoms with Crippen molar-refractivity contribution < 1.29 is 4.79 Å². The Balaban J connectivity index is 1.45. The average molecular weight is 363 g/mol. The number of hydrogen-bond donors (Lipinski definition) is 0. The van der Waals surface area contributed by atoms with Gasteiger partial charge in [-0.15, -0.1) is 5.10 Å². The first kappa shape index (κ1) is 17.1.